The Labute approximate surface area is 113 Å². The quantitative estimate of drug-likeness (QED) is 0.675. The highest BCUT2D eigenvalue weighted by Gasteiger charge is 2.24. The molecule has 18 heavy (non-hydrogen) atoms. The highest BCUT2D eigenvalue weighted by molar-refractivity contribution is 4.80. The SMILES string of the molecule is COCCCNCC(C)N(C)C1CCCC(C)C1. The predicted octanol–water partition coefficient (Wildman–Crippen LogP) is 2.51. The van der Waals surface area contributed by atoms with Crippen LogP contribution in [-0.4, -0.2) is 50.8 Å². The zero-order valence-electron chi connectivity index (χ0n) is 12.7. The largest absolute Gasteiger partial charge is 0.385 e. The monoisotopic (exact) mass is 256 g/mol. The van der Waals surface area contributed by atoms with Crippen LogP contribution in [-0.2, 0) is 4.74 Å². The minimum absolute atomic E-state index is 0.628. The van der Waals surface area contributed by atoms with Gasteiger partial charge in [0.25, 0.3) is 0 Å². The molecule has 0 saturated heterocycles. The smallest absolute Gasteiger partial charge is 0.0474 e. The lowest BCUT2D eigenvalue weighted by Gasteiger charge is -2.37. The molecule has 1 fully saturated rings. The number of hydrogen-bond acceptors (Lipinski definition) is 3. The van der Waals surface area contributed by atoms with Gasteiger partial charge in [0, 0.05) is 32.3 Å². The van der Waals surface area contributed by atoms with Gasteiger partial charge in [0.1, 0.15) is 0 Å². The number of methoxy groups -OCH3 is 1. The summed E-state index contributed by atoms with van der Waals surface area (Å²) in [5, 5.41) is 3.53. The van der Waals surface area contributed by atoms with Gasteiger partial charge in [0.2, 0.25) is 0 Å². The zero-order valence-corrected chi connectivity index (χ0v) is 12.7. The van der Waals surface area contributed by atoms with Crippen molar-refractivity contribution in [3.63, 3.8) is 0 Å². The highest BCUT2D eigenvalue weighted by Crippen LogP contribution is 2.27. The molecule has 3 unspecified atom stereocenters. The summed E-state index contributed by atoms with van der Waals surface area (Å²) in [6.07, 6.45) is 6.70. The van der Waals surface area contributed by atoms with Crippen molar-refractivity contribution < 1.29 is 4.74 Å². The number of nitrogens with one attached hydrogen (secondary N) is 1. The molecule has 3 heteroatoms. The predicted molar refractivity (Wildman–Crippen MR) is 78.0 cm³/mol. The van der Waals surface area contributed by atoms with Gasteiger partial charge < -0.3 is 10.1 Å². The molecule has 3 nitrogen and oxygen atoms in total. The normalized spacial score (nSPS) is 26.5. The van der Waals surface area contributed by atoms with Crippen LogP contribution in [0, 0.1) is 5.92 Å². The van der Waals surface area contributed by atoms with E-state index in [2.05, 4.69) is 31.1 Å². The van der Waals surface area contributed by atoms with Crippen molar-refractivity contribution in [2.24, 2.45) is 5.92 Å². The molecule has 0 bridgehead atoms. The Hall–Kier alpha value is -0.120. The third-order valence-corrected chi connectivity index (χ3v) is 4.32. The molecule has 0 aromatic carbocycles. The molecule has 1 aliphatic carbocycles. The summed E-state index contributed by atoms with van der Waals surface area (Å²) < 4.78 is 5.05. The first-order valence-corrected chi connectivity index (χ1v) is 7.56. The Morgan fingerprint density at radius 3 is 2.83 bits per heavy atom. The maximum Gasteiger partial charge on any atom is 0.0474 e. The van der Waals surface area contributed by atoms with Crippen LogP contribution in [0.4, 0.5) is 0 Å². The Morgan fingerprint density at radius 1 is 1.39 bits per heavy atom. The van der Waals surface area contributed by atoms with Crippen LogP contribution in [0.5, 0.6) is 0 Å². The molecule has 1 rings (SSSR count). The summed E-state index contributed by atoms with van der Waals surface area (Å²) in [7, 11) is 4.06. The number of likely N-dealkylation sites (N-methyl/N-ethyl adjacent to an activating group) is 1. The summed E-state index contributed by atoms with van der Waals surface area (Å²) >= 11 is 0. The van der Waals surface area contributed by atoms with Crippen LogP contribution in [0.2, 0.25) is 0 Å². The molecule has 1 aliphatic rings. The van der Waals surface area contributed by atoms with E-state index in [-0.39, 0.29) is 0 Å². The molecule has 1 saturated carbocycles. The molecule has 0 spiro atoms. The minimum atomic E-state index is 0.628. The second-order valence-electron chi connectivity index (χ2n) is 5.99. The maximum atomic E-state index is 5.05. The van der Waals surface area contributed by atoms with Crippen LogP contribution >= 0.6 is 0 Å². The molecular formula is C15H32N2O. The van der Waals surface area contributed by atoms with Gasteiger partial charge in [-0.1, -0.05) is 19.8 Å². The van der Waals surface area contributed by atoms with Gasteiger partial charge >= 0.3 is 0 Å². The molecule has 3 atom stereocenters. The summed E-state index contributed by atoms with van der Waals surface area (Å²) in [6, 6.07) is 1.42. The lowest BCUT2D eigenvalue weighted by molar-refractivity contribution is 0.124. The van der Waals surface area contributed by atoms with Crippen molar-refractivity contribution in [1.29, 1.82) is 0 Å². The maximum absolute atomic E-state index is 5.05. The lowest BCUT2D eigenvalue weighted by atomic mass is 9.86. The van der Waals surface area contributed by atoms with E-state index in [0.29, 0.717) is 6.04 Å². The van der Waals surface area contributed by atoms with Crippen LogP contribution < -0.4 is 5.32 Å². The Morgan fingerprint density at radius 2 is 2.17 bits per heavy atom. The van der Waals surface area contributed by atoms with Crippen molar-refractivity contribution in [3.8, 4) is 0 Å². The third kappa shape index (κ3) is 5.68. The fourth-order valence-electron chi connectivity index (χ4n) is 2.93. The summed E-state index contributed by atoms with van der Waals surface area (Å²) in [4.78, 5) is 2.58. The van der Waals surface area contributed by atoms with Crippen molar-refractivity contribution in [2.45, 2.75) is 58.0 Å². The van der Waals surface area contributed by atoms with Crippen LogP contribution in [0.3, 0.4) is 0 Å². The van der Waals surface area contributed by atoms with Gasteiger partial charge in [0.05, 0.1) is 0 Å². The molecular weight excluding hydrogens is 224 g/mol. The molecule has 0 amide bonds. The first-order valence-electron chi connectivity index (χ1n) is 7.56. The molecule has 0 aromatic heterocycles. The van der Waals surface area contributed by atoms with Crippen LogP contribution in [0.1, 0.15) is 46.0 Å². The van der Waals surface area contributed by atoms with E-state index in [4.69, 9.17) is 4.74 Å². The minimum Gasteiger partial charge on any atom is -0.385 e. The lowest BCUT2D eigenvalue weighted by Crippen LogP contribution is -2.45. The fourth-order valence-corrected chi connectivity index (χ4v) is 2.93. The average Bonchev–Trinajstić information content (AvgIpc) is 2.37. The number of nitrogens with zero attached hydrogens (tertiary/aromatic N) is 1. The summed E-state index contributed by atoms with van der Waals surface area (Å²) in [5.41, 5.74) is 0. The van der Waals surface area contributed by atoms with Gasteiger partial charge in [-0.15, -0.1) is 0 Å². The summed E-state index contributed by atoms with van der Waals surface area (Å²) in [5.74, 6) is 0.910. The topological polar surface area (TPSA) is 24.5 Å². The standard InChI is InChI=1S/C15H32N2O/c1-13-7-5-8-15(11-13)17(3)14(2)12-16-9-6-10-18-4/h13-16H,5-12H2,1-4H3. The van der Waals surface area contributed by atoms with Gasteiger partial charge in [-0.2, -0.15) is 0 Å². The number of rotatable bonds is 8. The summed E-state index contributed by atoms with van der Waals surface area (Å²) in [6.45, 7) is 7.74. The average molecular weight is 256 g/mol. The molecule has 0 radical (unpaired) electrons. The van der Waals surface area contributed by atoms with Gasteiger partial charge in [-0.05, 0) is 45.7 Å². The number of hydrogen-bond donors (Lipinski definition) is 1. The van der Waals surface area contributed by atoms with Crippen molar-refractivity contribution in [3.05, 3.63) is 0 Å². The third-order valence-electron chi connectivity index (χ3n) is 4.32. The van der Waals surface area contributed by atoms with E-state index in [1.165, 1.54) is 25.7 Å². The van der Waals surface area contributed by atoms with Crippen LogP contribution in [0.25, 0.3) is 0 Å². The van der Waals surface area contributed by atoms with E-state index < -0.39 is 0 Å². The van der Waals surface area contributed by atoms with Crippen molar-refractivity contribution in [2.75, 3.05) is 33.9 Å². The van der Waals surface area contributed by atoms with Gasteiger partial charge in [0.15, 0.2) is 0 Å². The van der Waals surface area contributed by atoms with E-state index >= 15 is 0 Å². The molecule has 0 heterocycles. The van der Waals surface area contributed by atoms with Crippen molar-refractivity contribution in [1.82, 2.24) is 10.2 Å². The highest BCUT2D eigenvalue weighted by atomic mass is 16.5. The Balaban J connectivity index is 2.17. The molecule has 0 aliphatic heterocycles. The zero-order chi connectivity index (χ0) is 13.4. The van der Waals surface area contributed by atoms with Crippen LogP contribution in [0.15, 0.2) is 0 Å². The molecule has 0 aromatic rings. The fraction of sp³-hybridized carbons (Fsp3) is 1.00. The van der Waals surface area contributed by atoms with E-state index in [9.17, 15) is 0 Å². The molecule has 108 valence electrons. The van der Waals surface area contributed by atoms with Crippen molar-refractivity contribution >= 4 is 0 Å². The Kier molecular flexibility index (Phi) is 7.87. The van der Waals surface area contributed by atoms with Gasteiger partial charge in [-0.25, -0.2) is 0 Å². The first-order chi connectivity index (χ1) is 8.65. The van der Waals surface area contributed by atoms with Gasteiger partial charge in [-0.3, -0.25) is 4.90 Å². The first kappa shape index (κ1) is 15.9. The second kappa shape index (κ2) is 8.89. The van der Waals surface area contributed by atoms with E-state index in [1.807, 2.05) is 0 Å². The van der Waals surface area contributed by atoms with E-state index in [1.54, 1.807) is 7.11 Å². The molecule has 1 N–H and O–H groups in total. The van der Waals surface area contributed by atoms with E-state index in [0.717, 1.165) is 38.1 Å². The second-order valence-corrected chi connectivity index (χ2v) is 5.99. The number of ether oxygens (including phenoxy) is 1. The Bertz CT molecular complexity index is 211.